The lowest BCUT2D eigenvalue weighted by Crippen LogP contribution is -2.09. The zero-order chi connectivity index (χ0) is 26.4. The van der Waals surface area contributed by atoms with E-state index in [1.807, 2.05) is 48.1 Å². The van der Waals surface area contributed by atoms with Gasteiger partial charge in [0, 0.05) is 17.3 Å². The van der Waals surface area contributed by atoms with Gasteiger partial charge in [-0.1, -0.05) is 44.2 Å². The summed E-state index contributed by atoms with van der Waals surface area (Å²) in [5, 5.41) is 4.85. The largest absolute Gasteiger partial charge is 0.490 e. The highest BCUT2D eigenvalue weighted by Gasteiger charge is 2.17. The highest BCUT2D eigenvalue weighted by Crippen LogP contribution is 2.30. The summed E-state index contributed by atoms with van der Waals surface area (Å²) in [6, 6.07) is 21.3. The molecule has 4 rings (SSSR count). The Morgan fingerprint density at radius 3 is 2.41 bits per heavy atom. The van der Waals surface area contributed by atoms with E-state index in [4.69, 9.17) is 19.3 Å². The molecular formula is C31H34N2O4. The van der Waals surface area contributed by atoms with Crippen molar-refractivity contribution >= 4 is 5.97 Å². The van der Waals surface area contributed by atoms with E-state index in [0.29, 0.717) is 36.2 Å². The molecule has 4 aromatic rings. The van der Waals surface area contributed by atoms with Gasteiger partial charge in [0.25, 0.3) is 0 Å². The van der Waals surface area contributed by atoms with E-state index >= 15 is 0 Å². The van der Waals surface area contributed by atoms with Crippen LogP contribution in [0.5, 0.6) is 11.5 Å². The lowest BCUT2D eigenvalue weighted by Gasteiger charge is -2.14. The molecule has 0 aliphatic heterocycles. The number of hydrogen-bond donors (Lipinski definition) is 0. The maximum atomic E-state index is 13.0. The SMILES string of the molecule is CCOc1cc(C(=O)OCc2cn(-c3ccccc3)nc2-c2ccc(C)c(C)c2)ccc1OCC(C)C. The smallest absolute Gasteiger partial charge is 0.338 e. The van der Waals surface area contributed by atoms with E-state index in [-0.39, 0.29) is 6.61 Å². The van der Waals surface area contributed by atoms with Crippen LogP contribution in [0.1, 0.15) is 47.8 Å². The second-order valence-corrected chi connectivity index (χ2v) is 9.46. The van der Waals surface area contributed by atoms with Gasteiger partial charge in [0.1, 0.15) is 6.61 Å². The summed E-state index contributed by atoms with van der Waals surface area (Å²) in [5.41, 5.74) is 6.32. The van der Waals surface area contributed by atoms with Crippen LogP contribution in [0.15, 0.2) is 72.9 Å². The molecule has 0 unspecified atom stereocenters. The summed E-state index contributed by atoms with van der Waals surface area (Å²) in [5.74, 6) is 1.09. The summed E-state index contributed by atoms with van der Waals surface area (Å²) < 4.78 is 19.2. The maximum Gasteiger partial charge on any atom is 0.338 e. The Morgan fingerprint density at radius 2 is 1.70 bits per heavy atom. The summed E-state index contributed by atoms with van der Waals surface area (Å²) in [6.45, 7) is 11.3. The maximum absolute atomic E-state index is 13.0. The molecule has 6 heteroatoms. The molecular weight excluding hydrogens is 464 g/mol. The number of ether oxygens (including phenoxy) is 3. The van der Waals surface area contributed by atoms with Gasteiger partial charge in [0.05, 0.1) is 30.2 Å². The van der Waals surface area contributed by atoms with Gasteiger partial charge in [0.15, 0.2) is 11.5 Å². The van der Waals surface area contributed by atoms with Crippen LogP contribution in [-0.2, 0) is 11.3 Å². The van der Waals surface area contributed by atoms with Gasteiger partial charge in [-0.2, -0.15) is 5.10 Å². The fourth-order valence-electron chi connectivity index (χ4n) is 3.87. The fourth-order valence-corrected chi connectivity index (χ4v) is 3.87. The molecule has 192 valence electrons. The molecule has 0 spiro atoms. The van der Waals surface area contributed by atoms with E-state index in [1.165, 1.54) is 11.1 Å². The molecule has 0 radical (unpaired) electrons. The van der Waals surface area contributed by atoms with Crippen molar-refractivity contribution in [3.05, 3.63) is 95.2 Å². The number of nitrogens with zero attached hydrogens (tertiary/aromatic N) is 2. The molecule has 0 aliphatic rings. The quantitative estimate of drug-likeness (QED) is 0.222. The lowest BCUT2D eigenvalue weighted by atomic mass is 10.0. The molecule has 0 N–H and O–H groups in total. The Labute approximate surface area is 218 Å². The number of aryl methyl sites for hydroxylation is 2. The summed E-state index contributed by atoms with van der Waals surface area (Å²) in [6.07, 6.45) is 1.92. The molecule has 0 saturated carbocycles. The van der Waals surface area contributed by atoms with Crippen molar-refractivity contribution in [1.29, 1.82) is 0 Å². The standard InChI is InChI=1S/C31H34N2O4/c1-6-35-29-17-25(14-15-28(29)36-19-21(2)3)31(34)37-20-26-18-33(27-10-8-7-9-11-27)32-30(26)24-13-12-22(4)23(5)16-24/h7-18,21H,6,19-20H2,1-5H3. The van der Waals surface area contributed by atoms with Crippen molar-refractivity contribution in [1.82, 2.24) is 9.78 Å². The second-order valence-electron chi connectivity index (χ2n) is 9.46. The molecule has 0 amide bonds. The van der Waals surface area contributed by atoms with Crippen molar-refractivity contribution in [3.8, 4) is 28.4 Å². The monoisotopic (exact) mass is 498 g/mol. The molecule has 3 aromatic carbocycles. The number of carbonyl (C=O) groups is 1. The van der Waals surface area contributed by atoms with Crippen molar-refractivity contribution < 1.29 is 19.0 Å². The number of aromatic nitrogens is 2. The number of benzene rings is 3. The van der Waals surface area contributed by atoms with Gasteiger partial charge >= 0.3 is 5.97 Å². The van der Waals surface area contributed by atoms with Crippen LogP contribution in [-0.4, -0.2) is 29.0 Å². The number of hydrogen-bond acceptors (Lipinski definition) is 5. The minimum atomic E-state index is -0.435. The first-order valence-electron chi connectivity index (χ1n) is 12.6. The molecule has 0 fully saturated rings. The highest BCUT2D eigenvalue weighted by atomic mass is 16.5. The van der Waals surface area contributed by atoms with Gasteiger partial charge in [-0.25, -0.2) is 9.48 Å². The second kappa shape index (κ2) is 11.8. The number of para-hydroxylation sites is 1. The summed E-state index contributed by atoms with van der Waals surface area (Å²) in [4.78, 5) is 13.0. The fraction of sp³-hybridized carbons (Fsp3) is 0.290. The average molecular weight is 499 g/mol. The minimum absolute atomic E-state index is 0.0868. The third-order valence-corrected chi connectivity index (χ3v) is 6.00. The number of esters is 1. The Hall–Kier alpha value is -4.06. The minimum Gasteiger partial charge on any atom is -0.490 e. The molecule has 6 nitrogen and oxygen atoms in total. The van der Waals surface area contributed by atoms with Gasteiger partial charge in [-0.3, -0.25) is 0 Å². The van der Waals surface area contributed by atoms with E-state index in [2.05, 4.69) is 45.9 Å². The van der Waals surface area contributed by atoms with Crippen molar-refractivity contribution in [3.63, 3.8) is 0 Å². The topological polar surface area (TPSA) is 62.6 Å². The van der Waals surface area contributed by atoms with E-state index in [9.17, 15) is 4.79 Å². The van der Waals surface area contributed by atoms with Crippen LogP contribution in [0.3, 0.4) is 0 Å². The Bertz CT molecular complexity index is 1360. The van der Waals surface area contributed by atoms with E-state index in [0.717, 1.165) is 22.5 Å². The molecule has 0 aliphatic carbocycles. The van der Waals surface area contributed by atoms with Crippen molar-refractivity contribution in [2.24, 2.45) is 5.92 Å². The zero-order valence-electron chi connectivity index (χ0n) is 22.2. The van der Waals surface area contributed by atoms with Gasteiger partial charge in [0.2, 0.25) is 0 Å². The summed E-state index contributed by atoms with van der Waals surface area (Å²) in [7, 11) is 0. The summed E-state index contributed by atoms with van der Waals surface area (Å²) >= 11 is 0. The number of carbonyl (C=O) groups excluding carboxylic acids is 1. The predicted molar refractivity (Wildman–Crippen MR) is 146 cm³/mol. The van der Waals surface area contributed by atoms with Crippen LogP contribution >= 0.6 is 0 Å². The van der Waals surface area contributed by atoms with E-state index < -0.39 is 5.97 Å². The molecule has 1 heterocycles. The number of rotatable bonds is 10. The van der Waals surface area contributed by atoms with Gasteiger partial charge in [-0.05, 0) is 74.2 Å². The Morgan fingerprint density at radius 1 is 0.919 bits per heavy atom. The lowest BCUT2D eigenvalue weighted by molar-refractivity contribution is 0.0472. The van der Waals surface area contributed by atoms with E-state index in [1.54, 1.807) is 18.2 Å². The van der Waals surface area contributed by atoms with Crippen LogP contribution < -0.4 is 9.47 Å². The van der Waals surface area contributed by atoms with Crippen molar-refractivity contribution in [2.75, 3.05) is 13.2 Å². The first-order chi connectivity index (χ1) is 17.9. The first-order valence-corrected chi connectivity index (χ1v) is 12.6. The third kappa shape index (κ3) is 6.39. The van der Waals surface area contributed by atoms with Crippen LogP contribution in [0, 0.1) is 19.8 Å². The van der Waals surface area contributed by atoms with Gasteiger partial charge in [-0.15, -0.1) is 0 Å². The molecule has 0 saturated heterocycles. The van der Waals surface area contributed by atoms with Crippen LogP contribution in [0.25, 0.3) is 16.9 Å². The molecule has 0 atom stereocenters. The Balaban J connectivity index is 1.59. The van der Waals surface area contributed by atoms with Crippen LogP contribution in [0.2, 0.25) is 0 Å². The molecule has 37 heavy (non-hydrogen) atoms. The average Bonchev–Trinajstić information content (AvgIpc) is 3.33. The Kier molecular flexibility index (Phi) is 8.29. The first kappa shape index (κ1) is 26.0. The van der Waals surface area contributed by atoms with Crippen molar-refractivity contribution in [2.45, 2.75) is 41.2 Å². The predicted octanol–water partition coefficient (Wildman–Crippen LogP) is 6.95. The third-order valence-electron chi connectivity index (χ3n) is 6.00. The molecule has 1 aromatic heterocycles. The van der Waals surface area contributed by atoms with Crippen LogP contribution in [0.4, 0.5) is 0 Å². The molecule has 0 bridgehead atoms. The van der Waals surface area contributed by atoms with Gasteiger partial charge < -0.3 is 14.2 Å². The zero-order valence-corrected chi connectivity index (χ0v) is 22.2. The highest BCUT2D eigenvalue weighted by molar-refractivity contribution is 5.90. The normalized spacial score (nSPS) is 11.0.